The minimum absolute atomic E-state index is 0.0709. The van der Waals surface area contributed by atoms with Crippen LogP contribution in [0.15, 0.2) is 0 Å². The summed E-state index contributed by atoms with van der Waals surface area (Å²) in [6, 6.07) is 0.491. The van der Waals surface area contributed by atoms with Crippen molar-refractivity contribution in [2.45, 2.75) is 58.6 Å². The Hall–Kier alpha value is -0.120. The molecule has 0 heterocycles. The van der Waals surface area contributed by atoms with E-state index in [0.29, 0.717) is 6.04 Å². The average molecular weight is 231 g/mol. The maximum Gasteiger partial charge on any atom is 0.0644 e. The Bertz CT molecular complexity index is 160. The molecule has 1 unspecified atom stereocenters. The van der Waals surface area contributed by atoms with Gasteiger partial charge in [-0.15, -0.1) is 0 Å². The van der Waals surface area contributed by atoms with Crippen molar-refractivity contribution in [1.29, 1.82) is 0 Å². The summed E-state index contributed by atoms with van der Waals surface area (Å²) in [5.41, 5.74) is -0.0709. The third-order valence-electron chi connectivity index (χ3n) is 2.90. The standard InChI is InChI=1S/C13H29NO2/c1-6-9-14-12(7-2)11-16-10-8-13(3,4)15-5/h12,14H,6-11H2,1-5H3. The van der Waals surface area contributed by atoms with E-state index in [1.54, 1.807) is 7.11 Å². The fourth-order valence-corrected chi connectivity index (χ4v) is 1.32. The van der Waals surface area contributed by atoms with Gasteiger partial charge in [-0.2, -0.15) is 0 Å². The molecule has 16 heavy (non-hydrogen) atoms. The Morgan fingerprint density at radius 2 is 1.94 bits per heavy atom. The molecular formula is C13H29NO2. The molecule has 3 nitrogen and oxygen atoms in total. The van der Waals surface area contributed by atoms with Gasteiger partial charge >= 0.3 is 0 Å². The fraction of sp³-hybridized carbons (Fsp3) is 1.00. The van der Waals surface area contributed by atoms with E-state index in [1.807, 2.05) is 0 Å². The summed E-state index contributed by atoms with van der Waals surface area (Å²) in [6.45, 7) is 11.2. The molecule has 0 saturated heterocycles. The van der Waals surface area contributed by atoms with Crippen molar-refractivity contribution in [1.82, 2.24) is 5.32 Å². The summed E-state index contributed by atoms with van der Waals surface area (Å²) in [5.74, 6) is 0. The molecular weight excluding hydrogens is 202 g/mol. The lowest BCUT2D eigenvalue weighted by molar-refractivity contribution is -0.0124. The topological polar surface area (TPSA) is 30.5 Å². The van der Waals surface area contributed by atoms with Crippen molar-refractivity contribution >= 4 is 0 Å². The predicted molar refractivity (Wildman–Crippen MR) is 68.9 cm³/mol. The second-order valence-electron chi connectivity index (χ2n) is 4.85. The lowest BCUT2D eigenvalue weighted by Crippen LogP contribution is -2.34. The van der Waals surface area contributed by atoms with Crippen LogP contribution in [0.3, 0.4) is 0 Å². The van der Waals surface area contributed by atoms with Crippen LogP contribution in [0.1, 0.15) is 47.0 Å². The van der Waals surface area contributed by atoms with E-state index in [-0.39, 0.29) is 5.60 Å². The first-order chi connectivity index (χ1) is 7.55. The van der Waals surface area contributed by atoms with Gasteiger partial charge in [0.1, 0.15) is 0 Å². The van der Waals surface area contributed by atoms with E-state index in [0.717, 1.165) is 32.6 Å². The zero-order chi connectivity index (χ0) is 12.4. The maximum absolute atomic E-state index is 5.68. The van der Waals surface area contributed by atoms with Crippen molar-refractivity contribution in [3.63, 3.8) is 0 Å². The molecule has 0 saturated carbocycles. The first-order valence-electron chi connectivity index (χ1n) is 6.42. The van der Waals surface area contributed by atoms with Crippen LogP contribution in [0.4, 0.5) is 0 Å². The average Bonchev–Trinajstić information content (AvgIpc) is 2.28. The van der Waals surface area contributed by atoms with Crippen molar-refractivity contribution in [2.75, 3.05) is 26.9 Å². The summed E-state index contributed by atoms with van der Waals surface area (Å²) in [7, 11) is 1.75. The lowest BCUT2D eigenvalue weighted by atomic mass is 10.1. The van der Waals surface area contributed by atoms with Gasteiger partial charge in [-0.1, -0.05) is 13.8 Å². The predicted octanol–water partition coefficient (Wildman–Crippen LogP) is 2.60. The summed E-state index contributed by atoms with van der Waals surface area (Å²) in [4.78, 5) is 0. The molecule has 0 bridgehead atoms. The second-order valence-corrected chi connectivity index (χ2v) is 4.85. The highest BCUT2D eigenvalue weighted by Gasteiger charge is 2.15. The first-order valence-corrected chi connectivity index (χ1v) is 6.42. The van der Waals surface area contributed by atoms with Crippen molar-refractivity contribution in [3.8, 4) is 0 Å². The summed E-state index contributed by atoms with van der Waals surface area (Å²) in [6.07, 6.45) is 3.23. The van der Waals surface area contributed by atoms with Crippen LogP contribution in [-0.4, -0.2) is 38.5 Å². The van der Waals surface area contributed by atoms with Gasteiger partial charge in [0.05, 0.1) is 12.2 Å². The highest BCUT2D eigenvalue weighted by Crippen LogP contribution is 2.12. The van der Waals surface area contributed by atoms with E-state index < -0.39 is 0 Å². The number of hydrogen-bond acceptors (Lipinski definition) is 3. The van der Waals surface area contributed by atoms with E-state index in [9.17, 15) is 0 Å². The third kappa shape index (κ3) is 8.08. The van der Waals surface area contributed by atoms with Crippen molar-refractivity contribution in [3.05, 3.63) is 0 Å². The number of nitrogens with one attached hydrogen (secondary N) is 1. The van der Waals surface area contributed by atoms with Gasteiger partial charge in [0.2, 0.25) is 0 Å². The molecule has 3 heteroatoms. The van der Waals surface area contributed by atoms with Crippen LogP contribution >= 0.6 is 0 Å². The summed E-state index contributed by atoms with van der Waals surface area (Å²) >= 11 is 0. The largest absolute Gasteiger partial charge is 0.380 e. The molecule has 0 fully saturated rings. The molecule has 0 aromatic heterocycles. The Morgan fingerprint density at radius 3 is 2.44 bits per heavy atom. The van der Waals surface area contributed by atoms with Gasteiger partial charge in [0.25, 0.3) is 0 Å². The van der Waals surface area contributed by atoms with Crippen molar-refractivity contribution < 1.29 is 9.47 Å². The van der Waals surface area contributed by atoms with E-state index in [2.05, 4.69) is 33.0 Å². The maximum atomic E-state index is 5.68. The Labute approximate surface area is 101 Å². The first kappa shape index (κ1) is 15.9. The molecule has 1 N–H and O–H groups in total. The molecule has 0 amide bonds. The van der Waals surface area contributed by atoms with E-state index in [4.69, 9.17) is 9.47 Å². The Balaban J connectivity index is 3.55. The SMILES string of the molecule is CCCNC(CC)COCCC(C)(C)OC. The fourth-order valence-electron chi connectivity index (χ4n) is 1.32. The zero-order valence-corrected chi connectivity index (χ0v) is 11.6. The monoisotopic (exact) mass is 231 g/mol. The highest BCUT2D eigenvalue weighted by atomic mass is 16.5. The van der Waals surface area contributed by atoms with Gasteiger partial charge in [-0.3, -0.25) is 0 Å². The van der Waals surface area contributed by atoms with E-state index >= 15 is 0 Å². The van der Waals surface area contributed by atoms with Gasteiger partial charge < -0.3 is 14.8 Å². The van der Waals surface area contributed by atoms with Crippen LogP contribution in [0.5, 0.6) is 0 Å². The smallest absolute Gasteiger partial charge is 0.0644 e. The summed E-state index contributed by atoms with van der Waals surface area (Å²) < 4.78 is 11.0. The molecule has 0 aliphatic rings. The molecule has 0 spiro atoms. The quantitative estimate of drug-likeness (QED) is 0.586. The molecule has 0 rings (SSSR count). The highest BCUT2D eigenvalue weighted by molar-refractivity contribution is 4.68. The van der Waals surface area contributed by atoms with Crippen LogP contribution in [-0.2, 0) is 9.47 Å². The number of rotatable bonds is 10. The van der Waals surface area contributed by atoms with Crippen LogP contribution in [0.25, 0.3) is 0 Å². The molecule has 1 atom stereocenters. The number of methoxy groups -OCH3 is 1. The molecule has 0 aliphatic carbocycles. The van der Waals surface area contributed by atoms with Gasteiger partial charge in [0.15, 0.2) is 0 Å². The van der Waals surface area contributed by atoms with E-state index in [1.165, 1.54) is 6.42 Å². The Kier molecular flexibility index (Phi) is 8.90. The van der Waals surface area contributed by atoms with Crippen LogP contribution in [0, 0.1) is 0 Å². The molecule has 0 aliphatic heterocycles. The van der Waals surface area contributed by atoms with Gasteiger partial charge in [0, 0.05) is 19.8 Å². The van der Waals surface area contributed by atoms with Crippen LogP contribution < -0.4 is 5.32 Å². The number of hydrogen-bond donors (Lipinski definition) is 1. The molecule has 98 valence electrons. The molecule has 0 aromatic carbocycles. The normalized spacial score (nSPS) is 14.1. The lowest BCUT2D eigenvalue weighted by Gasteiger charge is -2.23. The summed E-state index contributed by atoms with van der Waals surface area (Å²) in [5, 5.41) is 3.47. The number of ether oxygens (including phenoxy) is 2. The molecule has 0 aromatic rings. The van der Waals surface area contributed by atoms with Gasteiger partial charge in [-0.25, -0.2) is 0 Å². The minimum Gasteiger partial charge on any atom is -0.380 e. The van der Waals surface area contributed by atoms with Crippen LogP contribution in [0.2, 0.25) is 0 Å². The van der Waals surface area contributed by atoms with Crippen molar-refractivity contribution in [2.24, 2.45) is 0 Å². The minimum atomic E-state index is -0.0709. The Morgan fingerprint density at radius 1 is 1.25 bits per heavy atom. The van der Waals surface area contributed by atoms with Gasteiger partial charge in [-0.05, 0) is 39.7 Å². The molecule has 0 radical (unpaired) electrons. The third-order valence-corrected chi connectivity index (χ3v) is 2.90. The zero-order valence-electron chi connectivity index (χ0n) is 11.6. The second kappa shape index (κ2) is 8.97.